The van der Waals surface area contributed by atoms with E-state index in [2.05, 4.69) is 15.5 Å². The van der Waals surface area contributed by atoms with Gasteiger partial charge in [-0.2, -0.15) is 4.98 Å². The van der Waals surface area contributed by atoms with Crippen molar-refractivity contribution < 1.29 is 18.9 Å². The van der Waals surface area contributed by atoms with Gasteiger partial charge in [0.05, 0.1) is 0 Å². The van der Waals surface area contributed by atoms with Gasteiger partial charge in [-0.3, -0.25) is 14.4 Å². The molecule has 1 aliphatic heterocycles. The largest absolute Gasteiger partial charge is 0.355 e. The van der Waals surface area contributed by atoms with Crippen LogP contribution < -0.4 is 5.32 Å². The second-order valence-corrected chi connectivity index (χ2v) is 6.23. The van der Waals surface area contributed by atoms with Crippen LogP contribution in [0.25, 0.3) is 11.4 Å². The van der Waals surface area contributed by atoms with Crippen molar-refractivity contribution in [3.63, 3.8) is 0 Å². The van der Waals surface area contributed by atoms with E-state index in [-0.39, 0.29) is 6.54 Å². The molecule has 0 aliphatic carbocycles. The van der Waals surface area contributed by atoms with Crippen LogP contribution >= 0.6 is 0 Å². The Hall–Kier alpha value is -3.03. The first-order valence-corrected chi connectivity index (χ1v) is 8.51. The number of nitrogens with zero attached hydrogens (tertiary/aromatic N) is 3. The van der Waals surface area contributed by atoms with E-state index in [0.29, 0.717) is 31.1 Å². The van der Waals surface area contributed by atoms with E-state index < -0.39 is 23.5 Å². The molecule has 1 saturated heterocycles. The number of rotatable bonds is 7. The number of carbonyl (C=O) groups excluding carboxylic acids is 3. The maximum Gasteiger partial charge on any atom is 0.290 e. The fraction of sp³-hybridized carbons (Fsp3) is 0.389. The fourth-order valence-electron chi connectivity index (χ4n) is 2.78. The highest BCUT2D eigenvalue weighted by molar-refractivity contribution is 6.42. The van der Waals surface area contributed by atoms with Crippen LogP contribution in [0.1, 0.15) is 18.7 Å². The second kappa shape index (κ2) is 7.90. The lowest BCUT2D eigenvalue weighted by Gasteiger charge is -2.09. The zero-order valence-corrected chi connectivity index (χ0v) is 14.5. The van der Waals surface area contributed by atoms with Crippen LogP contribution in [-0.2, 0) is 20.8 Å². The van der Waals surface area contributed by atoms with E-state index in [1.54, 1.807) is 0 Å². The Labute approximate surface area is 150 Å². The van der Waals surface area contributed by atoms with Gasteiger partial charge in [-0.15, -0.1) is 0 Å². The Morgan fingerprint density at radius 2 is 2.04 bits per heavy atom. The van der Waals surface area contributed by atoms with E-state index in [1.165, 1.54) is 11.9 Å². The van der Waals surface area contributed by atoms with E-state index in [9.17, 15) is 14.4 Å². The minimum absolute atomic E-state index is 0.147. The zero-order valence-electron chi connectivity index (χ0n) is 14.5. The van der Waals surface area contributed by atoms with Crippen LogP contribution in [0.3, 0.4) is 0 Å². The highest BCUT2D eigenvalue weighted by Crippen LogP contribution is 2.16. The van der Waals surface area contributed by atoms with Gasteiger partial charge in [-0.05, 0) is 12.8 Å². The summed E-state index contributed by atoms with van der Waals surface area (Å²) in [5, 5.41) is 6.67. The van der Waals surface area contributed by atoms with Gasteiger partial charge in [0.25, 0.3) is 5.91 Å². The van der Waals surface area contributed by atoms with Gasteiger partial charge in [0.2, 0.25) is 23.4 Å². The molecule has 0 saturated carbocycles. The molecule has 26 heavy (non-hydrogen) atoms. The number of likely N-dealkylation sites (tertiary alicyclic amines) is 1. The molecule has 1 fully saturated rings. The molecule has 0 bridgehead atoms. The first kappa shape index (κ1) is 17.8. The highest BCUT2D eigenvalue weighted by atomic mass is 16.5. The number of carbonyl (C=O) groups is 3. The molecular weight excluding hydrogens is 336 g/mol. The third-order valence-electron chi connectivity index (χ3n) is 4.26. The van der Waals surface area contributed by atoms with Crippen LogP contribution in [0.2, 0.25) is 0 Å². The molecule has 8 nitrogen and oxygen atoms in total. The molecule has 0 radical (unpaired) electrons. The third-order valence-corrected chi connectivity index (χ3v) is 4.26. The molecule has 3 rings (SSSR count). The van der Waals surface area contributed by atoms with Crippen molar-refractivity contribution in [2.24, 2.45) is 5.92 Å². The number of hydrogen-bond donors (Lipinski definition) is 1. The van der Waals surface area contributed by atoms with Crippen LogP contribution in [0.15, 0.2) is 34.9 Å². The molecule has 1 N–H and O–H groups in total. The molecule has 0 spiro atoms. The number of nitrogens with one attached hydrogen (secondary N) is 1. The van der Waals surface area contributed by atoms with Crippen molar-refractivity contribution in [2.75, 3.05) is 20.1 Å². The molecular formula is C18H20N4O4. The Bertz CT molecular complexity index is 803. The maximum absolute atomic E-state index is 12.0. The number of aromatic nitrogens is 2. The fourth-order valence-corrected chi connectivity index (χ4v) is 2.78. The van der Waals surface area contributed by atoms with Crippen LogP contribution in [0, 0.1) is 5.92 Å². The number of unbranched alkanes of at least 4 members (excludes halogenated alkanes) is 1. The molecule has 8 heteroatoms. The summed E-state index contributed by atoms with van der Waals surface area (Å²) in [6.45, 7) is 0.577. The Balaban J connectivity index is 1.39. The molecule has 2 amide bonds. The lowest BCUT2D eigenvalue weighted by Crippen LogP contribution is -2.36. The van der Waals surface area contributed by atoms with Crippen LogP contribution in [0.4, 0.5) is 0 Å². The SMILES string of the molecule is CN1CC(C(=O)NCCCCc2nc(-c3ccccc3)no2)C(=O)C1=O. The van der Waals surface area contributed by atoms with Crippen molar-refractivity contribution in [2.45, 2.75) is 19.3 Å². The van der Waals surface area contributed by atoms with E-state index >= 15 is 0 Å². The predicted molar refractivity (Wildman–Crippen MR) is 91.8 cm³/mol. The number of benzene rings is 1. The minimum atomic E-state index is -0.892. The quantitative estimate of drug-likeness (QED) is 0.448. The summed E-state index contributed by atoms with van der Waals surface area (Å²) in [6, 6.07) is 9.57. The van der Waals surface area contributed by atoms with Crippen molar-refractivity contribution in [3.8, 4) is 11.4 Å². The smallest absolute Gasteiger partial charge is 0.290 e. The zero-order chi connectivity index (χ0) is 18.5. The monoisotopic (exact) mass is 356 g/mol. The molecule has 1 aromatic carbocycles. The minimum Gasteiger partial charge on any atom is -0.355 e. The van der Waals surface area contributed by atoms with Gasteiger partial charge >= 0.3 is 0 Å². The average Bonchev–Trinajstić information content (AvgIpc) is 3.23. The summed E-state index contributed by atoms with van der Waals surface area (Å²) in [6.07, 6.45) is 2.08. The van der Waals surface area contributed by atoms with Gasteiger partial charge in [0.15, 0.2) is 0 Å². The second-order valence-electron chi connectivity index (χ2n) is 6.23. The van der Waals surface area contributed by atoms with Gasteiger partial charge in [0.1, 0.15) is 5.92 Å². The van der Waals surface area contributed by atoms with Crippen molar-refractivity contribution >= 4 is 17.6 Å². The Morgan fingerprint density at radius 1 is 1.27 bits per heavy atom. The molecule has 2 aromatic rings. The number of aryl methyl sites for hydroxylation is 1. The lowest BCUT2D eigenvalue weighted by atomic mass is 10.1. The predicted octanol–water partition coefficient (Wildman–Crippen LogP) is 0.833. The molecule has 2 heterocycles. The number of Topliss-reactive ketones (excluding diaryl/α,β-unsaturated/α-hetero) is 1. The van der Waals surface area contributed by atoms with Crippen LogP contribution in [-0.4, -0.2) is 52.8 Å². The summed E-state index contributed by atoms with van der Waals surface area (Å²) < 4.78 is 5.23. The number of amides is 2. The molecule has 1 aromatic heterocycles. The number of likely N-dealkylation sites (N-methyl/N-ethyl adjacent to an activating group) is 1. The Kier molecular flexibility index (Phi) is 5.40. The number of ketones is 1. The standard InChI is InChI=1S/C18H20N4O4/c1-22-11-13(15(23)18(22)25)17(24)19-10-6-5-9-14-20-16(21-26-14)12-7-3-2-4-8-12/h2-4,7-8,13H,5-6,9-11H2,1H3,(H,19,24). The lowest BCUT2D eigenvalue weighted by molar-refractivity contribution is -0.142. The summed E-state index contributed by atoms with van der Waals surface area (Å²) in [5.41, 5.74) is 0.899. The van der Waals surface area contributed by atoms with E-state index in [0.717, 1.165) is 12.0 Å². The normalized spacial score (nSPS) is 17.0. The third kappa shape index (κ3) is 3.96. The average molecular weight is 356 g/mol. The van der Waals surface area contributed by atoms with E-state index in [1.807, 2.05) is 30.3 Å². The summed E-state index contributed by atoms with van der Waals surface area (Å²) in [5.74, 6) is -1.41. The van der Waals surface area contributed by atoms with Crippen molar-refractivity contribution in [1.82, 2.24) is 20.4 Å². The van der Waals surface area contributed by atoms with Gasteiger partial charge in [0, 0.05) is 32.1 Å². The van der Waals surface area contributed by atoms with Crippen molar-refractivity contribution in [3.05, 3.63) is 36.2 Å². The van der Waals surface area contributed by atoms with Crippen molar-refractivity contribution in [1.29, 1.82) is 0 Å². The van der Waals surface area contributed by atoms with Gasteiger partial charge < -0.3 is 14.7 Å². The van der Waals surface area contributed by atoms with Crippen LogP contribution in [0.5, 0.6) is 0 Å². The van der Waals surface area contributed by atoms with Gasteiger partial charge in [-0.25, -0.2) is 0 Å². The molecule has 1 unspecified atom stereocenters. The first-order valence-electron chi connectivity index (χ1n) is 8.51. The topological polar surface area (TPSA) is 105 Å². The summed E-state index contributed by atoms with van der Waals surface area (Å²) in [7, 11) is 1.52. The molecule has 1 aliphatic rings. The van der Waals surface area contributed by atoms with Gasteiger partial charge in [-0.1, -0.05) is 35.5 Å². The highest BCUT2D eigenvalue weighted by Gasteiger charge is 2.41. The first-order chi connectivity index (χ1) is 12.6. The summed E-state index contributed by atoms with van der Waals surface area (Å²) >= 11 is 0. The van der Waals surface area contributed by atoms with E-state index in [4.69, 9.17) is 4.52 Å². The number of hydrogen-bond acceptors (Lipinski definition) is 6. The molecule has 136 valence electrons. The molecule has 1 atom stereocenters. The Morgan fingerprint density at radius 3 is 2.73 bits per heavy atom. The summed E-state index contributed by atoms with van der Waals surface area (Å²) in [4.78, 5) is 40.7. The maximum atomic E-state index is 12.0.